The minimum absolute atomic E-state index is 0.305. The molecule has 0 heterocycles. The van der Waals surface area contributed by atoms with Gasteiger partial charge in [0.15, 0.2) is 0 Å². The molecule has 2 N–H and O–H groups in total. The summed E-state index contributed by atoms with van der Waals surface area (Å²) in [5.74, 6) is 0.529. The highest BCUT2D eigenvalue weighted by molar-refractivity contribution is 9.10. The third-order valence-corrected chi connectivity index (χ3v) is 4.06. The molecule has 0 spiro atoms. The number of hydrogen-bond acceptors (Lipinski definition) is 2. The van der Waals surface area contributed by atoms with Crippen LogP contribution in [0.1, 0.15) is 28.3 Å². The van der Waals surface area contributed by atoms with E-state index < -0.39 is 0 Å². The molecular formula is C16H17BrFNO. The first-order valence-electron chi connectivity index (χ1n) is 6.29. The van der Waals surface area contributed by atoms with E-state index in [1.165, 1.54) is 6.07 Å². The molecule has 20 heavy (non-hydrogen) atoms. The second-order valence-corrected chi connectivity index (χ2v) is 5.68. The quantitative estimate of drug-likeness (QED) is 0.907. The Labute approximate surface area is 126 Å². The van der Waals surface area contributed by atoms with Crippen LogP contribution in [0.5, 0.6) is 5.75 Å². The van der Waals surface area contributed by atoms with E-state index in [1.807, 2.05) is 32.0 Å². The normalized spacial score (nSPS) is 12.3. The summed E-state index contributed by atoms with van der Waals surface area (Å²) in [6.07, 6.45) is 0. The Morgan fingerprint density at radius 2 is 1.85 bits per heavy atom. The summed E-state index contributed by atoms with van der Waals surface area (Å²) in [4.78, 5) is 0. The lowest BCUT2D eigenvalue weighted by Gasteiger charge is -2.18. The molecule has 106 valence electrons. The molecule has 0 fully saturated rings. The lowest BCUT2D eigenvalue weighted by molar-refractivity contribution is 0.411. The Balaban J connectivity index is 2.45. The third kappa shape index (κ3) is 2.86. The Morgan fingerprint density at radius 3 is 2.45 bits per heavy atom. The topological polar surface area (TPSA) is 35.2 Å². The zero-order valence-electron chi connectivity index (χ0n) is 11.7. The molecule has 2 aromatic carbocycles. The number of methoxy groups -OCH3 is 1. The molecule has 1 atom stereocenters. The first kappa shape index (κ1) is 15.0. The fraction of sp³-hybridized carbons (Fsp3) is 0.250. The van der Waals surface area contributed by atoms with E-state index in [1.54, 1.807) is 13.2 Å². The number of nitrogens with two attached hydrogens (primary N) is 1. The van der Waals surface area contributed by atoms with Gasteiger partial charge in [-0.05, 0) is 70.2 Å². The Kier molecular flexibility index (Phi) is 4.45. The van der Waals surface area contributed by atoms with Crippen molar-refractivity contribution in [3.05, 3.63) is 62.9 Å². The number of hydrogen-bond donors (Lipinski definition) is 1. The molecular weight excluding hydrogens is 321 g/mol. The van der Waals surface area contributed by atoms with Crippen molar-refractivity contribution < 1.29 is 9.13 Å². The molecule has 0 aliphatic heterocycles. The molecule has 0 aromatic heterocycles. The molecule has 2 rings (SSSR count). The summed E-state index contributed by atoms with van der Waals surface area (Å²) in [7, 11) is 1.64. The largest absolute Gasteiger partial charge is 0.496 e. The molecule has 0 bridgehead atoms. The summed E-state index contributed by atoms with van der Waals surface area (Å²) in [6.45, 7) is 3.95. The van der Waals surface area contributed by atoms with E-state index in [9.17, 15) is 4.39 Å². The van der Waals surface area contributed by atoms with Crippen LogP contribution >= 0.6 is 15.9 Å². The standard InChI is InChI=1S/C16H17BrFNO/c1-9-7-15(20-3)10(2)6-12(9)16(19)11-4-5-13(17)14(18)8-11/h4-8,16H,19H2,1-3H3. The van der Waals surface area contributed by atoms with E-state index in [4.69, 9.17) is 10.5 Å². The van der Waals surface area contributed by atoms with E-state index in [0.717, 1.165) is 28.0 Å². The van der Waals surface area contributed by atoms with Gasteiger partial charge in [-0.2, -0.15) is 0 Å². The highest BCUT2D eigenvalue weighted by Crippen LogP contribution is 2.30. The molecule has 4 heteroatoms. The van der Waals surface area contributed by atoms with Gasteiger partial charge in [-0.1, -0.05) is 12.1 Å². The van der Waals surface area contributed by atoms with Crippen LogP contribution in [0.4, 0.5) is 4.39 Å². The van der Waals surface area contributed by atoms with Crippen LogP contribution in [0.3, 0.4) is 0 Å². The number of ether oxygens (including phenoxy) is 1. The van der Waals surface area contributed by atoms with Gasteiger partial charge in [-0.25, -0.2) is 4.39 Å². The van der Waals surface area contributed by atoms with Gasteiger partial charge in [0.25, 0.3) is 0 Å². The maximum absolute atomic E-state index is 13.6. The van der Waals surface area contributed by atoms with Crippen molar-refractivity contribution in [1.29, 1.82) is 0 Å². The first-order valence-corrected chi connectivity index (χ1v) is 7.09. The summed E-state index contributed by atoms with van der Waals surface area (Å²) in [5, 5.41) is 0. The maximum atomic E-state index is 13.6. The van der Waals surface area contributed by atoms with Crippen LogP contribution < -0.4 is 10.5 Å². The minimum Gasteiger partial charge on any atom is -0.496 e. The lowest BCUT2D eigenvalue weighted by atomic mass is 9.94. The maximum Gasteiger partial charge on any atom is 0.137 e. The molecule has 0 radical (unpaired) electrons. The number of benzene rings is 2. The summed E-state index contributed by atoms with van der Waals surface area (Å²) < 4.78 is 19.4. The van der Waals surface area contributed by atoms with Crippen molar-refractivity contribution in [2.45, 2.75) is 19.9 Å². The van der Waals surface area contributed by atoms with Gasteiger partial charge in [-0.15, -0.1) is 0 Å². The SMILES string of the molecule is COc1cc(C)c(C(N)c2ccc(Br)c(F)c2)cc1C. The van der Waals surface area contributed by atoms with Crippen molar-refractivity contribution in [3.8, 4) is 5.75 Å². The Hall–Kier alpha value is -1.39. The lowest BCUT2D eigenvalue weighted by Crippen LogP contribution is -2.14. The second-order valence-electron chi connectivity index (χ2n) is 4.83. The molecule has 2 nitrogen and oxygen atoms in total. The molecule has 1 unspecified atom stereocenters. The summed E-state index contributed by atoms with van der Waals surface area (Å²) >= 11 is 3.15. The molecule has 2 aromatic rings. The summed E-state index contributed by atoms with van der Waals surface area (Å²) in [6, 6.07) is 8.57. The van der Waals surface area contributed by atoms with Gasteiger partial charge in [0.2, 0.25) is 0 Å². The van der Waals surface area contributed by atoms with Crippen molar-refractivity contribution in [3.63, 3.8) is 0 Å². The first-order chi connectivity index (χ1) is 9.43. The molecule has 0 saturated carbocycles. The van der Waals surface area contributed by atoms with E-state index in [-0.39, 0.29) is 11.9 Å². The Bertz CT molecular complexity index is 643. The molecule has 0 amide bonds. The number of aryl methyl sites for hydroxylation is 2. The van der Waals surface area contributed by atoms with Crippen molar-refractivity contribution in [1.82, 2.24) is 0 Å². The van der Waals surface area contributed by atoms with Crippen molar-refractivity contribution in [2.75, 3.05) is 7.11 Å². The van der Waals surface area contributed by atoms with Crippen molar-refractivity contribution in [2.24, 2.45) is 5.73 Å². The molecule has 0 aliphatic carbocycles. The fourth-order valence-electron chi connectivity index (χ4n) is 2.25. The molecule has 0 saturated heterocycles. The average molecular weight is 338 g/mol. The van der Waals surface area contributed by atoms with Crippen LogP contribution in [0, 0.1) is 19.7 Å². The van der Waals surface area contributed by atoms with Crippen LogP contribution in [0.25, 0.3) is 0 Å². The van der Waals surface area contributed by atoms with Gasteiger partial charge >= 0.3 is 0 Å². The van der Waals surface area contributed by atoms with Gasteiger partial charge in [0, 0.05) is 0 Å². The van der Waals surface area contributed by atoms with E-state index >= 15 is 0 Å². The predicted octanol–water partition coefficient (Wildman–Crippen LogP) is 4.26. The second kappa shape index (κ2) is 5.94. The Morgan fingerprint density at radius 1 is 1.15 bits per heavy atom. The predicted molar refractivity (Wildman–Crippen MR) is 82.6 cm³/mol. The zero-order chi connectivity index (χ0) is 14.9. The minimum atomic E-state index is -0.359. The van der Waals surface area contributed by atoms with Gasteiger partial charge in [-0.3, -0.25) is 0 Å². The highest BCUT2D eigenvalue weighted by Gasteiger charge is 2.15. The zero-order valence-corrected chi connectivity index (χ0v) is 13.3. The van der Waals surface area contributed by atoms with Gasteiger partial charge in [0.1, 0.15) is 11.6 Å². The van der Waals surface area contributed by atoms with Crippen molar-refractivity contribution >= 4 is 15.9 Å². The molecule has 0 aliphatic rings. The van der Waals surface area contributed by atoms with E-state index in [0.29, 0.717) is 4.47 Å². The highest BCUT2D eigenvalue weighted by atomic mass is 79.9. The fourth-order valence-corrected chi connectivity index (χ4v) is 2.50. The van der Waals surface area contributed by atoms with Crippen LogP contribution in [-0.2, 0) is 0 Å². The monoisotopic (exact) mass is 337 g/mol. The smallest absolute Gasteiger partial charge is 0.137 e. The summed E-state index contributed by atoms with van der Waals surface area (Å²) in [5.41, 5.74) is 10.0. The van der Waals surface area contributed by atoms with Crippen LogP contribution in [0.15, 0.2) is 34.8 Å². The van der Waals surface area contributed by atoms with Crippen LogP contribution in [0.2, 0.25) is 0 Å². The van der Waals surface area contributed by atoms with Gasteiger partial charge < -0.3 is 10.5 Å². The number of rotatable bonds is 3. The van der Waals surface area contributed by atoms with E-state index in [2.05, 4.69) is 15.9 Å². The van der Waals surface area contributed by atoms with Crippen LogP contribution in [-0.4, -0.2) is 7.11 Å². The third-order valence-electron chi connectivity index (χ3n) is 3.42. The number of halogens is 2. The van der Waals surface area contributed by atoms with Gasteiger partial charge in [0.05, 0.1) is 17.6 Å². The average Bonchev–Trinajstić information content (AvgIpc) is 2.43.